The maximum absolute atomic E-state index is 11.7. The zero-order valence-corrected chi connectivity index (χ0v) is 10.2. The summed E-state index contributed by atoms with van der Waals surface area (Å²) in [6.45, 7) is 4.59. The molecule has 0 aromatic heterocycles. The van der Waals surface area contributed by atoms with Gasteiger partial charge in [-0.15, -0.1) is 11.6 Å². The Bertz CT molecular complexity index is 211. The van der Waals surface area contributed by atoms with E-state index in [9.17, 15) is 4.79 Å². The van der Waals surface area contributed by atoms with Crippen LogP contribution in [0, 0.1) is 5.92 Å². The molecule has 1 saturated heterocycles. The van der Waals surface area contributed by atoms with Crippen molar-refractivity contribution < 1.29 is 9.53 Å². The minimum Gasteiger partial charge on any atom is -0.378 e. The van der Waals surface area contributed by atoms with E-state index in [0.29, 0.717) is 12.5 Å². The highest BCUT2D eigenvalue weighted by molar-refractivity contribution is 6.17. The number of amides is 1. The van der Waals surface area contributed by atoms with Gasteiger partial charge in [0.2, 0.25) is 5.91 Å². The smallest absolute Gasteiger partial charge is 0.225 e. The van der Waals surface area contributed by atoms with Gasteiger partial charge in [0.05, 0.1) is 18.6 Å². The number of ether oxygens (including phenoxy) is 1. The van der Waals surface area contributed by atoms with E-state index in [0.717, 1.165) is 19.3 Å². The van der Waals surface area contributed by atoms with Crippen molar-refractivity contribution in [3.63, 3.8) is 0 Å². The molecular formula is C11H20ClNO2. The number of hydrogen-bond acceptors (Lipinski definition) is 2. The number of alkyl halides is 1. The zero-order chi connectivity index (χ0) is 11.3. The normalized spacial score (nSPS) is 27.7. The lowest BCUT2D eigenvalue weighted by Crippen LogP contribution is -2.37. The Morgan fingerprint density at radius 2 is 2.40 bits per heavy atom. The fourth-order valence-electron chi connectivity index (χ4n) is 1.82. The molecule has 0 aromatic carbocycles. The second-order valence-corrected chi connectivity index (χ2v) is 4.70. The number of nitrogens with one attached hydrogen (secondary N) is 1. The first kappa shape index (κ1) is 12.8. The molecule has 0 radical (unpaired) electrons. The van der Waals surface area contributed by atoms with Crippen molar-refractivity contribution in [2.45, 2.75) is 45.3 Å². The number of carbonyl (C=O) groups excluding carboxylic acids is 1. The molecule has 88 valence electrons. The first-order valence-electron chi connectivity index (χ1n) is 5.61. The number of carbonyl (C=O) groups is 1. The number of halogens is 1. The third kappa shape index (κ3) is 4.39. The predicted octanol–water partition coefficient (Wildman–Crippen LogP) is 1.94. The summed E-state index contributed by atoms with van der Waals surface area (Å²) in [4.78, 5) is 11.7. The molecule has 4 heteroatoms. The summed E-state index contributed by atoms with van der Waals surface area (Å²) >= 11 is 5.60. The van der Waals surface area contributed by atoms with Crippen LogP contribution in [0.25, 0.3) is 0 Å². The predicted molar refractivity (Wildman–Crippen MR) is 61.1 cm³/mol. The lowest BCUT2D eigenvalue weighted by molar-refractivity contribution is -0.125. The molecule has 1 amide bonds. The van der Waals surface area contributed by atoms with Gasteiger partial charge in [0.15, 0.2) is 0 Å². The molecule has 0 aromatic rings. The molecule has 3 unspecified atom stereocenters. The molecule has 1 aliphatic rings. The van der Waals surface area contributed by atoms with Gasteiger partial charge in [-0.2, -0.15) is 0 Å². The van der Waals surface area contributed by atoms with Crippen molar-refractivity contribution in [2.75, 3.05) is 12.5 Å². The summed E-state index contributed by atoms with van der Waals surface area (Å²) in [5.41, 5.74) is 0. The minimum atomic E-state index is 0.0402. The summed E-state index contributed by atoms with van der Waals surface area (Å²) in [7, 11) is 0. The number of rotatable bonds is 5. The molecule has 1 N–H and O–H groups in total. The van der Waals surface area contributed by atoms with Gasteiger partial charge in [0.25, 0.3) is 0 Å². The summed E-state index contributed by atoms with van der Waals surface area (Å²) in [6.07, 6.45) is 2.95. The van der Waals surface area contributed by atoms with Crippen LogP contribution in [0.2, 0.25) is 0 Å². The topological polar surface area (TPSA) is 38.3 Å². The van der Waals surface area contributed by atoms with E-state index in [1.54, 1.807) is 0 Å². The number of hydrogen-bond donors (Lipinski definition) is 1. The lowest BCUT2D eigenvalue weighted by Gasteiger charge is -2.15. The van der Waals surface area contributed by atoms with E-state index in [1.807, 2.05) is 13.8 Å². The maximum atomic E-state index is 11.7. The fourth-order valence-corrected chi connectivity index (χ4v) is 1.97. The van der Waals surface area contributed by atoms with Crippen LogP contribution in [-0.4, -0.2) is 30.5 Å². The molecular weight excluding hydrogens is 214 g/mol. The van der Waals surface area contributed by atoms with E-state index < -0.39 is 0 Å². The van der Waals surface area contributed by atoms with Gasteiger partial charge < -0.3 is 10.1 Å². The van der Waals surface area contributed by atoms with E-state index in [1.165, 1.54) is 0 Å². The summed E-state index contributed by atoms with van der Waals surface area (Å²) < 4.78 is 5.37. The van der Waals surface area contributed by atoms with Gasteiger partial charge in [0, 0.05) is 11.9 Å². The van der Waals surface area contributed by atoms with Crippen molar-refractivity contribution in [3.05, 3.63) is 0 Å². The van der Waals surface area contributed by atoms with Crippen LogP contribution in [0.3, 0.4) is 0 Å². The zero-order valence-electron chi connectivity index (χ0n) is 9.46. The van der Waals surface area contributed by atoms with Crippen LogP contribution < -0.4 is 5.32 Å². The molecule has 1 fully saturated rings. The Kier molecular flexibility index (Phi) is 5.40. The van der Waals surface area contributed by atoms with Crippen LogP contribution in [0.5, 0.6) is 0 Å². The third-order valence-corrected chi connectivity index (χ3v) is 3.00. The molecule has 15 heavy (non-hydrogen) atoms. The summed E-state index contributed by atoms with van der Waals surface area (Å²) in [5, 5.41) is 3.00. The Morgan fingerprint density at radius 1 is 1.67 bits per heavy atom. The molecule has 0 saturated carbocycles. The highest BCUT2D eigenvalue weighted by Crippen LogP contribution is 2.19. The summed E-state index contributed by atoms with van der Waals surface area (Å²) in [5.74, 6) is 0.823. The second-order valence-electron chi connectivity index (χ2n) is 4.32. The quantitative estimate of drug-likeness (QED) is 0.737. The first-order valence-corrected chi connectivity index (χ1v) is 6.15. The van der Waals surface area contributed by atoms with Crippen molar-refractivity contribution >= 4 is 17.5 Å². The molecule has 1 heterocycles. The average molecular weight is 234 g/mol. The first-order chi connectivity index (χ1) is 7.13. The SMILES string of the molecule is CC(CCCCl)NC(=O)C1COC(C)C1. The molecule has 1 aliphatic heterocycles. The largest absolute Gasteiger partial charge is 0.378 e. The average Bonchev–Trinajstić information content (AvgIpc) is 2.61. The van der Waals surface area contributed by atoms with Gasteiger partial charge in [0.1, 0.15) is 0 Å². The standard InChI is InChI=1S/C11H20ClNO2/c1-8(4-3-5-12)13-11(14)10-6-9(2)15-7-10/h8-10H,3-7H2,1-2H3,(H,13,14). The third-order valence-electron chi connectivity index (χ3n) is 2.73. The highest BCUT2D eigenvalue weighted by Gasteiger charge is 2.28. The Hall–Kier alpha value is -0.280. The van der Waals surface area contributed by atoms with E-state index in [-0.39, 0.29) is 24.0 Å². The van der Waals surface area contributed by atoms with Crippen LogP contribution in [0.15, 0.2) is 0 Å². The van der Waals surface area contributed by atoms with E-state index in [4.69, 9.17) is 16.3 Å². The monoisotopic (exact) mass is 233 g/mol. The molecule has 3 nitrogen and oxygen atoms in total. The van der Waals surface area contributed by atoms with Gasteiger partial charge >= 0.3 is 0 Å². The highest BCUT2D eigenvalue weighted by atomic mass is 35.5. The maximum Gasteiger partial charge on any atom is 0.225 e. The Labute approximate surface area is 96.5 Å². The molecule has 0 aliphatic carbocycles. The van der Waals surface area contributed by atoms with Crippen molar-refractivity contribution in [3.8, 4) is 0 Å². The molecule has 3 atom stereocenters. The fraction of sp³-hybridized carbons (Fsp3) is 0.909. The minimum absolute atomic E-state index is 0.0402. The van der Waals surface area contributed by atoms with Crippen LogP contribution in [-0.2, 0) is 9.53 Å². The molecule has 1 rings (SSSR count). The van der Waals surface area contributed by atoms with Crippen molar-refractivity contribution in [2.24, 2.45) is 5.92 Å². The summed E-state index contributed by atoms with van der Waals surface area (Å²) in [6, 6.07) is 0.215. The van der Waals surface area contributed by atoms with Gasteiger partial charge in [-0.3, -0.25) is 4.79 Å². The van der Waals surface area contributed by atoms with Crippen molar-refractivity contribution in [1.29, 1.82) is 0 Å². The second kappa shape index (κ2) is 6.33. The Morgan fingerprint density at radius 3 is 2.93 bits per heavy atom. The van der Waals surface area contributed by atoms with Crippen LogP contribution >= 0.6 is 11.6 Å². The molecule has 0 bridgehead atoms. The molecule has 0 spiro atoms. The van der Waals surface area contributed by atoms with E-state index >= 15 is 0 Å². The lowest BCUT2D eigenvalue weighted by atomic mass is 10.0. The van der Waals surface area contributed by atoms with E-state index in [2.05, 4.69) is 5.32 Å². The van der Waals surface area contributed by atoms with Gasteiger partial charge in [-0.1, -0.05) is 0 Å². The van der Waals surface area contributed by atoms with Crippen LogP contribution in [0.1, 0.15) is 33.1 Å². The van der Waals surface area contributed by atoms with Gasteiger partial charge in [-0.25, -0.2) is 0 Å². The van der Waals surface area contributed by atoms with Gasteiger partial charge in [-0.05, 0) is 33.1 Å². The Balaban J connectivity index is 2.23. The van der Waals surface area contributed by atoms with Crippen LogP contribution in [0.4, 0.5) is 0 Å². The van der Waals surface area contributed by atoms with Crippen molar-refractivity contribution in [1.82, 2.24) is 5.32 Å².